The average Bonchev–Trinajstić information content (AvgIpc) is 2.69. The van der Waals surface area contributed by atoms with Gasteiger partial charge in [0, 0.05) is 6.42 Å². The molecule has 0 aromatic rings. The first-order valence-corrected chi connectivity index (χ1v) is 12.5. The monoisotopic (exact) mass is 385 g/mol. The molecule has 0 aliphatic carbocycles. The van der Waals surface area contributed by atoms with E-state index in [2.05, 4.69) is 54.6 Å². The molecule has 0 spiro atoms. The van der Waals surface area contributed by atoms with Crippen molar-refractivity contribution in [3.63, 3.8) is 0 Å². The van der Waals surface area contributed by atoms with Gasteiger partial charge in [-0.1, -0.05) is 41.5 Å². The van der Waals surface area contributed by atoms with Crippen molar-refractivity contribution in [2.45, 2.75) is 98.5 Å². The van der Waals surface area contributed by atoms with Crippen molar-refractivity contribution in [1.82, 2.24) is 4.90 Å². The van der Waals surface area contributed by atoms with Crippen LogP contribution in [0.4, 0.5) is 4.79 Å². The second kappa shape index (κ2) is 7.27. The third-order valence-electron chi connectivity index (χ3n) is 5.58. The molecular weight excluding hydrogens is 346 g/mol. The minimum Gasteiger partial charge on any atom is -0.443 e. The number of likely N-dealkylation sites (tertiary alicyclic amines) is 1. The molecule has 0 N–H and O–H groups in total. The zero-order valence-corrected chi connectivity index (χ0v) is 19.6. The summed E-state index contributed by atoms with van der Waals surface area (Å²) in [6.45, 7) is 23.1. The predicted molar refractivity (Wildman–Crippen MR) is 108 cm³/mol. The van der Waals surface area contributed by atoms with Crippen LogP contribution in [0.1, 0.15) is 68.7 Å². The van der Waals surface area contributed by atoms with Crippen molar-refractivity contribution in [2.75, 3.05) is 6.61 Å². The summed E-state index contributed by atoms with van der Waals surface area (Å²) in [5, 5.41) is 0.0730. The Bertz CT molecular complexity index is 537. The van der Waals surface area contributed by atoms with Crippen LogP contribution in [0.5, 0.6) is 0 Å². The van der Waals surface area contributed by atoms with Crippen molar-refractivity contribution >= 4 is 20.3 Å². The summed E-state index contributed by atoms with van der Waals surface area (Å²) in [6, 6.07) is -0.286. The fourth-order valence-electron chi connectivity index (χ4n) is 2.92. The fourth-order valence-corrected chi connectivity index (χ4v) is 3.94. The second-order valence-electron chi connectivity index (χ2n) is 11.1. The highest BCUT2D eigenvalue weighted by molar-refractivity contribution is 6.74. The van der Waals surface area contributed by atoms with Crippen LogP contribution in [-0.4, -0.2) is 43.5 Å². The highest BCUT2D eigenvalue weighted by atomic mass is 28.4. The summed E-state index contributed by atoms with van der Waals surface area (Å²) in [7, 11) is -1.98. The Labute approximate surface area is 160 Å². The van der Waals surface area contributed by atoms with Crippen molar-refractivity contribution < 1.29 is 18.8 Å². The Hall–Kier alpha value is -0.883. The van der Waals surface area contributed by atoms with Crippen LogP contribution >= 0.6 is 0 Å². The van der Waals surface area contributed by atoms with Gasteiger partial charge in [-0.05, 0) is 50.2 Å². The Morgan fingerprint density at radius 3 is 1.96 bits per heavy atom. The highest BCUT2D eigenvalue weighted by Gasteiger charge is 2.50. The summed E-state index contributed by atoms with van der Waals surface area (Å²) < 4.78 is 11.9. The number of hydrogen-bond acceptors (Lipinski definition) is 4. The number of nitrogens with zero attached hydrogens (tertiary/aromatic N) is 1. The lowest BCUT2D eigenvalue weighted by Gasteiger charge is -2.40. The molecule has 2 atom stereocenters. The van der Waals surface area contributed by atoms with E-state index in [4.69, 9.17) is 9.16 Å². The van der Waals surface area contributed by atoms with Gasteiger partial charge in [0.15, 0.2) is 8.32 Å². The van der Waals surface area contributed by atoms with Crippen LogP contribution in [0.2, 0.25) is 18.1 Å². The molecule has 0 aromatic heterocycles. The molecule has 6 heteroatoms. The molecule has 2 amide bonds. The second-order valence-corrected chi connectivity index (χ2v) is 15.9. The third-order valence-corrected chi connectivity index (χ3v) is 10.1. The molecule has 1 heterocycles. The van der Waals surface area contributed by atoms with E-state index in [9.17, 15) is 9.59 Å². The molecule has 1 aliphatic heterocycles. The maximum absolute atomic E-state index is 12.7. The Morgan fingerprint density at radius 1 is 1.08 bits per heavy atom. The van der Waals surface area contributed by atoms with Gasteiger partial charge in [0.2, 0.25) is 5.91 Å². The maximum atomic E-state index is 12.7. The van der Waals surface area contributed by atoms with E-state index >= 15 is 0 Å². The lowest BCUT2D eigenvalue weighted by molar-refractivity contribution is -0.128. The minimum atomic E-state index is -1.98. The molecule has 2 unspecified atom stereocenters. The zero-order chi connectivity index (χ0) is 20.7. The van der Waals surface area contributed by atoms with E-state index in [1.165, 1.54) is 4.90 Å². The molecule has 1 saturated heterocycles. The molecule has 1 rings (SSSR count). The number of amides is 2. The first-order chi connectivity index (χ1) is 11.4. The molecule has 0 bridgehead atoms. The average molecular weight is 386 g/mol. The normalized spacial score (nSPS) is 22.7. The first kappa shape index (κ1) is 23.2. The van der Waals surface area contributed by atoms with E-state index in [0.717, 1.165) is 0 Å². The standard InChI is InChI=1S/C20H39NO4Si/c1-18(2,3)14-12-16(22)21(17(23)25-19(4,5)6)15(14)13-24-26(10,11)20(7,8)9/h14-15H,12-13H2,1-11H3. The number of hydrogen-bond donors (Lipinski definition) is 0. The van der Waals surface area contributed by atoms with Gasteiger partial charge < -0.3 is 9.16 Å². The smallest absolute Gasteiger partial charge is 0.417 e. The molecule has 5 nitrogen and oxygen atoms in total. The van der Waals surface area contributed by atoms with Gasteiger partial charge in [0.25, 0.3) is 0 Å². The van der Waals surface area contributed by atoms with E-state index in [1.807, 2.05) is 20.8 Å². The van der Waals surface area contributed by atoms with E-state index in [-0.39, 0.29) is 28.3 Å². The van der Waals surface area contributed by atoms with Gasteiger partial charge in [-0.25, -0.2) is 9.69 Å². The molecular formula is C20H39NO4Si. The van der Waals surface area contributed by atoms with Crippen LogP contribution in [0.15, 0.2) is 0 Å². The minimum absolute atomic E-state index is 0.0484. The Morgan fingerprint density at radius 2 is 1.58 bits per heavy atom. The van der Waals surface area contributed by atoms with E-state index in [0.29, 0.717) is 13.0 Å². The maximum Gasteiger partial charge on any atom is 0.417 e. The fraction of sp³-hybridized carbons (Fsp3) is 0.900. The quantitative estimate of drug-likeness (QED) is 0.626. The summed E-state index contributed by atoms with van der Waals surface area (Å²) in [5.74, 6) is -0.115. The first-order valence-electron chi connectivity index (χ1n) is 9.56. The summed E-state index contributed by atoms with van der Waals surface area (Å²) >= 11 is 0. The van der Waals surface area contributed by atoms with Crippen molar-refractivity contribution in [3.8, 4) is 0 Å². The number of ether oxygens (including phenoxy) is 1. The Kier molecular flexibility index (Phi) is 6.47. The van der Waals surface area contributed by atoms with Crippen LogP contribution in [-0.2, 0) is 14.0 Å². The third kappa shape index (κ3) is 5.56. The van der Waals surface area contributed by atoms with E-state index < -0.39 is 20.0 Å². The molecule has 0 saturated carbocycles. The molecule has 152 valence electrons. The van der Waals surface area contributed by atoms with Crippen LogP contribution in [0.25, 0.3) is 0 Å². The van der Waals surface area contributed by atoms with Gasteiger partial charge in [-0.3, -0.25) is 4.79 Å². The lowest BCUT2D eigenvalue weighted by atomic mass is 9.76. The topological polar surface area (TPSA) is 55.8 Å². The predicted octanol–water partition coefficient (Wildman–Crippen LogP) is 5.21. The molecule has 26 heavy (non-hydrogen) atoms. The molecule has 0 radical (unpaired) electrons. The van der Waals surface area contributed by atoms with Gasteiger partial charge in [-0.2, -0.15) is 0 Å². The van der Waals surface area contributed by atoms with Gasteiger partial charge in [0.05, 0.1) is 12.6 Å². The van der Waals surface area contributed by atoms with Crippen LogP contribution < -0.4 is 0 Å². The van der Waals surface area contributed by atoms with E-state index in [1.54, 1.807) is 0 Å². The number of imide groups is 1. The van der Waals surface area contributed by atoms with Gasteiger partial charge >= 0.3 is 6.09 Å². The zero-order valence-electron chi connectivity index (χ0n) is 18.6. The summed E-state index contributed by atoms with van der Waals surface area (Å²) in [5.41, 5.74) is -0.740. The largest absolute Gasteiger partial charge is 0.443 e. The summed E-state index contributed by atoms with van der Waals surface area (Å²) in [6.07, 6.45) is -0.202. The van der Waals surface area contributed by atoms with Gasteiger partial charge in [0.1, 0.15) is 5.60 Å². The number of carbonyl (C=O) groups excluding carboxylic acids is 2. The molecule has 1 fully saturated rings. The van der Waals surface area contributed by atoms with Gasteiger partial charge in [-0.15, -0.1) is 0 Å². The van der Waals surface area contributed by atoms with Crippen molar-refractivity contribution in [3.05, 3.63) is 0 Å². The van der Waals surface area contributed by atoms with Crippen LogP contribution in [0, 0.1) is 11.3 Å². The van der Waals surface area contributed by atoms with Crippen LogP contribution in [0.3, 0.4) is 0 Å². The number of carbonyl (C=O) groups is 2. The Balaban J connectivity index is 3.11. The molecule has 0 aromatic carbocycles. The molecule has 1 aliphatic rings. The SMILES string of the molecule is CC(C)(C)OC(=O)N1C(=O)CC(C(C)(C)C)C1CO[Si](C)(C)C(C)(C)C. The highest BCUT2D eigenvalue weighted by Crippen LogP contribution is 2.42. The number of rotatable bonds is 3. The van der Waals surface area contributed by atoms with Crippen molar-refractivity contribution in [2.24, 2.45) is 11.3 Å². The summed E-state index contributed by atoms with van der Waals surface area (Å²) in [4.78, 5) is 26.7. The lowest BCUT2D eigenvalue weighted by Crippen LogP contribution is -2.50. The van der Waals surface area contributed by atoms with Crippen molar-refractivity contribution in [1.29, 1.82) is 0 Å².